The molecule has 0 saturated carbocycles. The van der Waals surface area contributed by atoms with Crippen molar-refractivity contribution in [1.82, 2.24) is 0 Å². The Kier molecular flexibility index (Phi) is 4.69. The van der Waals surface area contributed by atoms with E-state index in [4.69, 9.17) is 0 Å². The van der Waals surface area contributed by atoms with Gasteiger partial charge in [-0.05, 0) is 54.8 Å². The van der Waals surface area contributed by atoms with E-state index in [0.29, 0.717) is 11.3 Å². The summed E-state index contributed by atoms with van der Waals surface area (Å²) in [5, 5.41) is 2.77. The van der Waals surface area contributed by atoms with Gasteiger partial charge in [0, 0.05) is 22.4 Å². The van der Waals surface area contributed by atoms with Crippen LogP contribution in [0.1, 0.15) is 10.4 Å². The third kappa shape index (κ3) is 4.09. The summed E-state index contributed by atoms with van der Waals surface area (Å²) in [6, 6.07) is 13.4. The highest BCUT2D eigenvalue weighted by atomic mass is 32.2. The lowest BCUT2D eigenvalue weighted by Gasteiger charge is -2.06. The van der Waals surface area contributed by atoms with Gasteiger partial charge in [0.25, 0.3) is 5.91 Å². The minimum atomic E-state index is -3.25. The first-order valence-electron chi connectivity index (χ1n) is 6.15. The second-order valence-corrected chi connectivity index (χ2v) is 7.37. The molecule has 0 atom stereocenters. The van der Waals surface area contributed by atoms with Crippen LogP contribution in [-0.4, -0.2) is 26.8 Å². The van der Waals surface area contributed by atoms with Gasteiger partial charge < -0.3 is 5.32 Å². The summed E-state index contributed by atoms with van der Waals surface area (Å²) < 4.78 is 22.7. The number of rotatable bonds is 4. The van der Waals surface area contributed by atoms with E-state index in [1.165, 1.54) is 24.3 Å². The Hall–Kier alpha value is -1.79. The largest absolute Gasteiger partial charge is 0.322 e. The number of carbonyl (C=O) groups is 1. The van der Waals surface area contributed by atoms with Gasteiger partial charge in [-0.15, -0.1) is 11.8 Å². The zero-order valence-corrected chi connectivity index (χ0v) is 13.3. The van der Waals surface area contributed by atoms with Gasteiger partial charge in [-0.3, -0.25) is 4.79 Å². The number of carbonyl (C=O) groups excluding carboxylic acids is 1. The smallest absolute Gasteiger partial charge is 0.255 e. The molecule has 2 aromatic carbocycles. The highest BCUT2D eigenvalue weighted by Gasteiger charge is 2.10. The van der Waals surface area contributed by atoms with Crippen molar-refractivity contribution in [3.63, 3.8) is 0 Å². The molecule has 6 heteroatoms. The van der Waals surface area contributed by atoms with Crippen molar-refractivity contribution in [3.05, 3.63) is 54.1 Å². The van der Waals surface area contributed by atoms with Crippen LogP contribution in [0.5, 0.6) is 0 Å². The summed E-state index contributed by atoms with van der Waals surface area (Å²) in [5.74, 6) is -0.271. The standard InChI is InChI=1S/C15H15NO3S2/c1-20-13-7-5-12(6-8-13)16-15(17)11-3-9-14(10-4-11)21(2,18)19/h3-10H,1-2H3,(H,16,17). The van der Waals surface area contributed by atoms with Gasteiger partial charge in [-0.25, -0.2) is 8.42 Å². The summed E-state index contributed by atoms with van der Waals surface area (Å²) in [6.45, 7) is 0. The van der Waals surface area contributed by atoms with Crippen LogP contribution in [-0.2, 0) is 9.84 Å². The zero-order valence-electron chi connectivity index (χ0n) is 11.7. The summed E-state index contributed by atoms with van der Waals surface area (Å²) >= 11 is 1.63. The molecule has 0 aliphatic heterocycles. The summed E-state index contributed by atoms with van der Waals surface area (Å²) in [6.07, 6.45) is 3.12. The molecule has 0 bridgehead atoms. The maximum atomic E-state index is 12.1. The van der Waals surface area contributed by atoms with E-state index in [1.54, 1.807) is 11.8 Å². The quantitative estimate of drug-likeness (QED) is 0.879. The van der Waals surface area contributed by atoms with Gasteiger partial charge in [0.15, 0.2) is 9.84 Å². The second-order valence-electron chi connectivity index (χ2n) is 4.48. The minimum Gasteiger partial charge on any atom is -0.322 e. The molecule has 1 amide bonds. The first-order valence-corrected chi connectivity index (χ1v) is 9.27. The molecular formula is C15H15NO3S2. The number of hydrogen-bond acceptors (Lipinski definition) is 4. The predicted octanol–water partition coefficient (Wildman–Crippen LogP) is 3.06. The van der Waals surface area contributed by atoms with Gasteiger partial charge in [0.1, 0.15) is 0 Å². The van der Waals surface area contributed by atoms with Crippen LogP contribution >= 0.6 is 11.8 Å². The third-order valence-corrected chi connectivity index (χ3v) is 4.76. The monoisotopic (exact) mass is 321 g/mol. The second kappa shape index (κ2) is 6.32. The molecule has 0 aromatic heterocycles. The molecule has 4 nitrogen and oxygen atoms in total. The number of sulfone groups is 1. The van der Waals surface area contributed by atoms with E-state index in [0.717, 1.165) is 11.2 Å². The first-order chi connectivity index (χ1) is 9.90. The van der Waals surface area contributed by atoms with Crippen LogP contribution < -0.4 is 5.32 Å². The van der Waals surface area contributed by atoms with Crippen molar-refractivity contribution >= 4 is 33.2 Å². The molecule has 0 heterocycles. The summed E-state index contributed by atoms with van der Waals surface area (Å²) in [4.78, 5) is 13.4. The highest BCUT2D eigenvalue weighted by molar-refractivity contribution is 7.98. The molecule has 21 heavy (non-hydrogen) atoms. The average Bonchev–Trinajstić information content (AvgIpc) is 2.47. The van der Waals surface area contributed by atoms with Crippen molar-refractivity contribution in [3.8, 4) is 0 Å². The molecule has 1 N–H and O–H groups in total. The molecule has 2 rings (SSSR count). The first kappa shape index (κ1) is 15.6. The van der Waals surface area contributed by atoms with E-state index < -0.39 is 9.84 Å². The van der Waals surface area contributed by atoms with Gasteiger partial charge in [-0.2, -0.15) is 0 Å². The number of thioether (sulfide) groups is 1. The molecule has 110 valence electrons. The van der Waals surface area contributed by atoms with Crippen molar-refractivity contribution in [2.24, 2.45) is 0 Å². The van der Waals surface area contributed by atoms with Crippen molar-refractivity contribution in [2.75, 3.05) is 17.8 Å². The summed E-state index contributed by atoms with van der Waals surface area (Å²) in [7, 11) is -3.25. The van der Waals surface area contributed by atoms with Crippen LogP contribution in [0.25, 0.3) is 0 Å². The van der Waals surface area contributed by atoms with Gasteiger partial charge >= 0.3 is 0 Å². The molecule has 0 saturated heterocycles. The van der Waals surface area contributed by atoms with Crippen LogP contribution in [0, 0.1) is 0 Å². The SMILES string of the molecule is CSc1ccc(NC(=O)c2ccc(S(C)(=O)=O)cc2)cc1. The van der Waals surface area contributed by atoms with Crippen molar-refractivity contribution in [1.29, 1.82) is 0 Å². The van der Waals surface area contributed by atoms with Crippen molar-refractivity contribution in [2.45, 2.75) is 9.79 Å². The topological polar surface area (TPSA) is 63.2 Å². The Labute approximate surface area is 128 Å². The Morgan fingerprint density at radius 3 is 2.05 bits per heavy atom. The molecule has 0 aliphatic carbocycles. The number of benzene rings is 2. The Morgan fingerprint density at radius 2 is 1.57 bits per heavy atom. The zero-order chi connectivity index (χ0) is 15.5. The molecule has 0 unspecified atom stereocenters. The fourth-order valence-electron chi connectivity index (χ4n) is 1.73. The van der Waals surface area contributed by atoms with Crippen LogP contribution in [0.15, 0.2) is 58.3 Å². The molecule has 0 fully saturated rings. The average molecular weight is 321 g/mol. The van der Waals surface area contributed by atoms with E-state index in [1.807, 2.05) is 30.5 Å². The maximum absolute atomic E-state index is 12.1. The van der Waals surface area contributed by atoms with Crippen LogP contribution in [0.3, 0.4) is 0 Å². The van der Waals surface area contributed by atoms with E-state index >= 15 is 0 Å². The Balaban J connectivity index is 2.12. The van der Waals surface area contributed by atoms with Gasteiger partial charge in [0.2, 0.25) is 0 Å². The Morgan fingerprint density at radius 1 is 1.00 bits per heavy atom. The lowest BCUT2D eigenvalue weighted by Crippen LogP contribution is -2.12. The third-order valence-electron chi connectivity index (χ3n) is 2.89. The lowest BCUT2D eigenvalue weighted by atomic mass is 10.2. The maximum Gasteiger partial charge on any atom is 0.255 e. The summed E-state index contributed by atoms with van der Waals surface area (Å²) in [5.41, 5.74) is 1.11. The molecule has 0 spiro atoms. The Bertz CT molecular complexity index is 735. The van der Waals surface area contributed by atoms with Crippen molar-refractivity contribution < 1.29 is 13.2 Å². The van der Waals surface area contributed by atoms with Gasteiger partial charge in [-0.1, -0.05) is 0 Å². The minimum absolute atomic E-state index is 0.198. The van der Waals surface area contributed by atoms with E-state index in [9.17, 15) is 13.2 Å². The highest BCUT2D eigenvalue weighted by Crippen LogP contribution is 2.18. The lowest BCUT2D eigenvalue weighted by molar-refractivity contribution is 0.102. The molecular weight excluding hydrogens is 306 g/mol. The fraction of sp³-hybridized carbons (Fsp3) is 0.133. The van der Waals surface area contributed by atoms with E-state index in [-0.39, 0.29) is 10.8 Å². The van der Waals surface area contributed by atoms with Crippen LogP contribution in [0.4, 0.5) is 5.69 Å². The van der Waals surface area contributed by atoms with E-state index in [2.05, 4.69) is 5.32 Å². The normalized spacial score (nSPS) is 11.1. The van der Waals surface area contributed by atoms with Crippen LogP contribution in [0.2, 0.25) is 0 Å². The molecule has 0 radical (unpaired) electrons. The van der Waals surface area contributed by atoms with Gasteiger partial charge in [0.05, 0.1) is 4.90 Å². The molecule has 0 aliphatic rings. The number of anilines is 1. The fourth-order valence-corrected chi connectivity index (χ4v) is 2.77. The predicted molar refractivity (Wildman–Crippen MR) is 85.7 cm³/mol. The number of amides is 1. The number of nitrogens with one attached hydrogen (secondary N) is 1. The molecule has 2 aromatic rings. The number of hydrogen-bond donors (Lipinski definition) is 1.